The van der Waals surface area contributed by atoms with Gasteiger partial charge in [0.2, 0.25) is 0 Å². The molecular formula is C11H23N2O4+. The van der Waals surface area contributed by atoms with Crippen molar-refractivity contribution in [3.63, 3.8) is 0 Å². The molecule has 0 aromatic rings. The van der Waals surface area contributed by atoms with Gasteiger partial charge in [0.1, 0.15) is 26.4 Å². The summed E-state index contributed by atoms with van der Waals surface area (Å²) in [5.41, 5.74) is 0. The zero-order valence-corrected chi connectivity index (χ0v) is 11.1. The fourth-order valence-corrected chi connectivity index (χ4v) is 1.33. The standard InChI is InChI=1S/C11H22N2O4/c1-10(14)16-7-5-12(3)9-13(4)6-8-17-11(2)15/h5-9H2,1-4H3/p+1. The highest BCUT2D eigenvalue weighted by atomic mass is 16.5. The van der Waals surface area contributed by atoms with E-state index in [-0.39, 0.29) is 11.9 Å². The zero-order chi connectivity index (χ0) is 13.3. The van der Waals surface area contributed by atoms with Crippen molar-refractivity contribution in [2.24, 2.45) is 0 Å². The molecule has 0 bridgehead atoms. The number of ether oxygens (including phenoxy) is 2. The first-order chi connectivity index (χ1) is 7.91. The summed E-state index contributed by atoms with van der Waals surface area (Å²) in [6.07, 6.45) is 0. The molecule has 0 heterocycles. The van der Waals surface area contributed by atoms with Crippen LogP contribution in [0, 0.1) is 0 Å². The first-order valence-corrected chi connectivity index (χ1v) is 5.68. The smallest absolute Gasteiger partial charge is 0.302 e. The quantitative estimate of drug-likeness (QED) is 0.418. The van der Waals surface area contributed by atoms with Gasteiger partial charge in [-0.1, -0.05) is 0 Å². The molecule has 0 amide bonds. The molecule has 0 aliphatic rings. The van der Waals surface area contributed by atoms with Crippen LogP contribution in [-0.2, 0) is 19.1 Å². The minimum Gasteiger partial charge on any atom is -0.465 e. The molecule has 0 spiro atoms. The summed E-state index contributed by atoms with van der Waals surface area (Å²) in [6.45, 7) is 5.91. The second kappa shape index (κ2) is 8.95. The van der Waals surface area contributed by atoms with E-state index < -0.39 is 0 Å². The van der Waals surface area contributed by atoms with E-state index in [2.05, 4.69) is 4.90 Å². The Morgan fingerprint density at radius 2 is 1.65 bits per heavy atom. The Bertz CT molecular complexity index is 222. The molecule has 1 N–H and O–H groups in total. The van der Waals surface area contributed by atoms with Crippen molar-refractivity contribution in [3.8, 4) is 0 Å². The average Bonchev–Trinajstić information content (AvgIpc) is 2.15. The van der Waals surface area contributed by atoms with Crippen molar-refractivity contribution in [3.05, 3.63) is 0 Å². The van der Waals surface area contributed by atoms with E-state index >= 15 is 0 Å². The number of hydrogen-bond donors (Lipinski definition) is 1. The molecule has 0 radical (unpaired) electrons. The topological polar surface area (TPSA) is 60.3 Å². The molecule has 0 rings (SSSR count). The third kappa shape index (κ3) is 11.1. The molecule has 0 fully saturated rings. The van der Waals surface area contributed by atoms with Crippen molar-refractivity contribution in [1.82, 2.24) is 4.90 Å². The fourth-order valence-electron chi connectivity index (χ4n) is 1.33. The first-order valence-electron chi connectivity index (χ1n) is 5.68. The zero-order valence-electron chi connectivity index (χ0n) is 11.1. The van der Waals surface area contributed by atoms with Crippen LogP contribution in [0.25, 0.3) is 0 Å². The molecule has 0 saturated carbocycles. The predicted octanol–water partition coefficient (Wildman–Crippen LogP) is -1.48. The molecule has 0 aliphatic carbocycles. The van der Waals surface area contributed by atoms with Crippen LogP contribution in [0.3, 0.4) is 0 Å². The van der Waals surface area contributed by atoms with Gasteiger partial charge >= 0.3 is 11.9 Å². The van der Waals surface area contributed by atoms with Crippen molar-refractivity contribution in [2.75, 3.05) is 47.1 Å². The SMILES string of the molecule is CC(=O)OCCN(C)C[NH+](C)CCOC(C)=O. The number of nitrogens with one attached hydrogen (secondary N) is 1. The van der Waals surface area contributed by atoms with Crippen LogP contribution < -0.4 is 4.90 Å². The van der Waals surface area contributed by atoms with Gasteiger partial charge in [0.25, 0.3) is 0 Å². The van der Waals surface area contributed by atoms with E-state index in [0.29, 0.717) is 19.8 Å². The van der Waals surface area contributed by atoms with E-state index in [1.54, 1.807) is 0 Å². The Morgan fingerprint density at radius 3 is 2.18 bits per heavy atom. The molecule has 0 saturated heterocycles. The maximum atomic E-state index is 10.6. The van der Waals surface area contributed by atoms with E-state index in [1.807, 2.05) is 14.1 Å². The lowest BCUT2D eigenvalue weighted by Gasteiger charge is -2.21. The van der Waals surface area contributed by atoms with Gasteiger partial charge < -0.3 is 14.4 Å². The Labute approximate surface area is 102 Å². The van der Waals surface area contributed by atoms with Gasteiger partial charge in [-0.2, -0.15) is 0 Å². The molecule has 1 unspecified atom stereocenters. The van der Waals surface area contributed by atoms with E-state index in [9.17, 15) is 9.59 Å². The molecule has 0 aromatic heterocycles. The Kier molecular flexibility index (Phi) is 8.35. The molecule has 6 nitrogen and oxygen atoms in total. The van der Waals surface area contributed by atoms with E-state index in [4.69, 9.17) is 9.47 Å². The van der Waals surface area contributed by atoms with Crippen molar-refractivity contribution in [2.45, 2.75) is 13.8 Å². The molecule has 100 valence electrons. The summed E-state index contributed by atoms with van der Waals surface area (Å²) < 4.78 is 9.71. The van der Waals surface area contributed by atoms with Gasteiger partial charge in [-0.25, -0.2) is 0 Å². The summed E-state index contributed by atoms with van der Waals surface area (Å²) in [4.78, 5) is 24.4. The van der Waals surface area contributed by atoms with Gasteiger partial charge in [0.05, 0.1) is 7.05 Å². The van der Waals surface area contributed by atoms with Gasteiger partial charge in [-0.3, -0.25) is 14.5 Å². The number of carbonyl (C=O) groups is 2. The van der Waals surface area contributed by atoms with Crippen molar-refractivity contribution >= 4 is 11.9 Å². The summed E-state index contributed by atoms with van der Waals surface area (Å²) in [7, 11) is 3.98. The Balaban J connectivity index is 3.54. The van der Waals surface area contributed by atoms with E-state index in [0.717, 1.165) is 13.2 Å². The highest BCUT2D eigenvalue weighted by Gasteiger charge is 2.07. The van der Waals surface area contributed by atoms with Gasteiger partial charge in [0, 0.05) is 20.4 Å². The third-order valence-electron chi connectivity index (χ3n) is 2.15. The summed E-state index contributed by atoms with van der Waals surface area (Å²) in [5, 5.41) is 0. The lowest BCUT2D eigenvalue weighted by Crippen LogP contribution is -3.11. The van der Waals surface area contributed by atoms with Gasteiger partial charge in [0.15, 0.2) is 0 Å². The summed E-state index contributed by atoms with van der Waals surface area (Å²) in [5.74, 6) is -0.505. The molecule has 0 aliphatic heterocycles. The third-order valence-corrected chi connectivity index (χ3v) is 2.15. The van der Waals surface area contributed by atoms with Crippen LogP contribution in [-0.4, -0.2) is 63.9 Å². The lowest BCUT2D eigenvalue weighted by molar-refractivity contribution is -0.890. The van der Waals surface area contributed by atoms with Crippen LogP contribution in [0.1, 0.15) is 13.8 Å². The molecule has 17 heavy (non-hydrogen) atoms. The number of likely N-dealkylation sites (N-methyl/N-ethyl adjacent to an activating group) is 2. The number of esters is 2. The minimum absolute atomic E-state index is 0.249. The molecule has 1 atom stereocenters. The number of rotatable bonds is 8. The average molecular weight is 247 g/mol. The maximum absolute atomic E-state index is 10.6. The maximum Gasteiger partial charge on any atom is 0.302 e. The van der Waals surface area contributed by atoms with Crippen LogP contribution in [0.5, 0.6) is 0 Å². The second-order valence-electron chi connectivity index (χ2n) is 4.12. The second-order valence-corrected chi connectivity index (χ2v) is 4.12. The van der Waals surface area contributed by atoms with Gasteiger partial charge in [-0.15, -0.1) is 0 Å². The summed E-state index contributed by atoms with van der Waals surface area (Å²) in [6, 6.07) is 0. The lowest BCUT2D eigenvalue weighted by atomic mass is 10.5. The van der Waals surface area contributed by atoms with Crippen LogP contribution in [0.15, 0.2) is 0 Å². The molecular weight excluding hydrogens is 224 g/mol. The predicted molar refractivity (Wildman–Crippen MR) is 62.5 cm³/mol. The largest absolute Gasteiger partial charge is 0.465 e. The van der Waals surface area contributed by atoms with E-state index in [1.165, 1.54) is 18.7 Å². The van der Waals surface area contributed by atoms with Crippen LogP contribution in [0.2, 0.25) is 0 Å². The Hall–Kier alpha value is -1.14. The number of hydrogen-bond acceptors (Lipinski definition) is 5. The van der Waals surface area contributed by atoms with Crippen LogP contribution >= 0.6 is 0 Å². The molecule has 6 heteroatoms. The molecule has 0 aromatic carbocycles. The van der Waals surface area contributed by atoms with Crippen molar-refractivity contribution < 1.29 is 24.0 Å². The number of carbonyl (C=O) groups excluding carboxylic acids is 2. The highest BCUT2D eigenvalue weighted by molar-refractivity contribution is 5.66. The monoisotopic (exact) mass is 247 g/mol. The Morgan fingerprint density at radius 1 is 1.12 bits per heavy atom. The van der Waals surface area contributed by atoms with Gasteiger partial charge in [-0.05, 0) is 7.05 Å². The first kappa shape index (κ1) is 15.9. The number of quaternary nitrogens is 1. The number of nitrogens with zero attached hydrogens (tertiary/aromatic N) is 1. The van der Waals surface area contributed by atoms with Crippen molar-refractivity contribution in [1.29, 1.82) is 0 Å². The normalized spacial score (nSPS) is 12.3. The fraction of sp³-hybridized carbons (Fsp3) is 0.818. The highest BCUT2D eigenvalue weighted by Crippen LogP contribution is 1.80. The van der Waals surface area contributed by atoms with Crippen LogP contribution in [0.4, 0.5) is 0 Å². The minimum atomic E-state index is -0.256. The summed E-state index contributed by atoms with van der Waals surface area (Å²) >= 11 is 0.